The monoisotopic (exact) mass is 294 g/mol. The van der Waals surface area contributed by atoms with E-state index in [1.807, 2.05) is 0 Å². The zero-order valence-electron chi connectivity index (χ0n) is 15.1. The van der Waals surface area contributed by atoms with E-state index in [9.17, 15) is 0 Å². The normalized spacial score (nSPS) is 35.6. The Morgan fingerprint density at radius 1 is 1.00 bits per heavy atom. The van der Waals surface area contributed by atoms with Gasteiger partial charge in [-0.3, -0.25) is 4.90 Å². The summed E-state index contributed by atoms with van der Waals surface area (Å²) in [5, 5.41) is 3.78. The van der Waals surface area contributed by atoms with Gasteiger partial charge in [0.1, 0.15) is 0 Å². The van der Waals surface area contributed by atoms with Crippen molar-refractivity contribution in [2.45, 2.75) is 78.8 Å². The van der Waals surface area contributed by atoms with Crippen molar-refractivity contribution in [3.63, 3.8) is 0 Å². The van der Waals surface area contributed by atoms with E-state index in [0.717, 1.165) is 29.7 Å². The second kappa shape index (κ2) is 7.97. The van der Waals surface area contributed by atoms with Crippen LogP contribution in [0, 0.1) is 23.7 Å². The molecule has 2 fully saturated rings. The summed E-state index contributed by atoms with van der Waals surface area (Å²) in [4.78, 5) is 2.81. The summed E-state index contributed by atoms with van der Waals surface area (Å²) in [7, 11) is 0. The number of hydrogen-bond donors (Lipinski definition) is 1. The van der Waals surface area contributed by atoms with Crippen LogP contribution in [0.4, 0.5) is 0 Å². The minimum absolute atomic E-state index is 0.686. The molecule has 2 rings (SSSR count). The van der Waals surface area contributed by atoms with Gasteiger partial charge in [0.15, 0.2) is 0 Å². The topological polar surface area (TPSA) is 15.3 Å². The fraction of sp³-hybridized carbons (Fsp3) is 1.00. The first kappa shape index (κ1) is 17.3. The zero-order valence-corrected chi connectivity index (χ0v) is 15.1. The summed E-state index contributed by atoms with van der Waals surface area (Å²) in [6.45, 7) is 15.7. The Kier molecular flexibility index (Phi) is 6.55. The van der Waals surface area contributed by atoms with E-state index in [1.165, 1.54) is 51.7 Å². The van der Waals surface area contributed by atoms with Gasteiger partial charge in [-0.05, 0) is 36.6 Å². The number of hydrogen-bond acceptors (Lipinski definition) is 2. The lowest BCUT2D eigenvalue weighted by atomic mass is 9.81. The van der Waals surface area contributed by atoms with Crippen LogP contribution < -0.4 is 5.32 Å². The molecule has 0 spiro atoms. The summed E-state index contributed by atoms with van der Waals surface area (Å²) in [6, 6.07) is 1.42. The molecule has 2 heteroatoms. The van der Waals surface area contributed by atoms with Crippen molar-refractivity contribution in [2.75, 3.05) is 19.6 Å². The first-order valence-corrected chi connectivity index (χ1v) is 9.44. The van der Waals surface area contributed by atoms with Crippen molar-refractivity contribution in [1.29, 1.82) is 0 Å². The Bertz CT molecular complexity index is 292. The molecule has 0 aromatic heterocycles. The molecule has 1 saturated heterocycles. The van der Waals surface area contributed by atoms with E-state index >= 15 is 0 Å². The zero-order chi connectivity index (χ0) is 15.4. The third kappa shape index (κ3) is 4.96. The summed E-state index contributed by atoms with van der Waals surface area (Å²) in [6.07, 6.45) is 7.32. The molecule has 1 N–H and O–H groups in total. The first-order chi connectivity index (χ1) is 9.97. The van der Waals surface area contributed by atoms with Gasteiger partial charge in [-0.1, -0.05) is 60.3 Å². The fourth-order valence-electron chi connectivity index (χ4n) is 4.18. The van der Waals surface area contributed by atoms with Gasteiger partial charge >= 0.3 is 0 Å². The Morgan fingerprint density at radius 3 is 2.24 bits per heavy atom. The molecule has 21 heavy (non-hydrogen) atoms. The van der Waals surface area contributed by atoms with Crippen LogP contribution in [0.3, 0.4) is 0 Å². The lowest BCUT2D eigenvalue weighted by molar-refractivity contribution is 0.0761. The van der Waals surface area contributed by atoms with E-state index in [0.29, 0.717) is 6.04 Å². The lowest BCUT2D eigenvalue weighted by Gasteiger charge is -2.44. The van der Waals surface area contributed by atoms with Gasteiger partial charge in [0.25, 0.3) is 0 Å². The molecular formula is C19H38N2. The van der Waals surface area contributed by atoms with Crippen LogP contribution in [0.2, 0.25) is 0 Å². The molecule has 2 aliphatic rings. The van der Waals surface area contributed by atoms with Crippen molar-refractivity contribution < 1.29 is 0 Å². The van der Waals surface area contributed by atoms with Crippen LogP contribution >= 0.6 is 0 Å². The van der Waals surface area contributed by atoms with Gasteiger partial charge in [0.2, 0.25) is 0 Å². The van der Waals surface area contributed by atoms with Gasteiger partial charge in [-0.25, -0.2) is 0 Å². The molecule has 0 amide bonds. The van der Waals surface area contributed by atoms with E-state index in [4.69, 9.17) is 0 Å². The number of nitrogens with one attached hydrogen (secondary N) is 1. The van der Waals surface area contributed by atoms with Crippen molar-refractivity contribution in [3.8, 4) is 0 Å². The molecule has 1 aliphatic carbocycles. The molecule has 1 heterocycles. The summed E-state index contributed by atoms with van der Waals surface area (Å²) >= 11 is 0. The van der Waals surface area contributed by atoms with E-state index in [2.05, 4.69) is 44.8 Å². The molecule has 124 valence electrons. The van der Waals surface area contributed by atoms with Crippen LogP contribution in [-0.4, -0.2) is 36.6 Å². The summed E-state index contributed by atoms with van der Waals surface area (Å²) in [5.74, 6) is 3.49. The SMILES string of the molecule is CC1CCC(CCN2CC(C(C)C)NCC2C(C)C)CC1. The largest absolute Gasteiger partial charge is 0.311 e. The molecule has 1 aliphatic heterocycles. The number of nitrogens with zero attached hydrogens (tertiary/aromatic N) is 1. The standard InChI is InChI=1S/C19H38N2/c1-14(2)18-13-21(19(12-20-18)15(3)4)11-10-17-8-6-16(5)7-9-17/h14-20H,6-13H2,1-5H3. The van der Waals surface area contributed by atoms with E-state index in [-0.39, 0.29) is 0 Å². The van der Waals surface area contributed by atoms with E-state index < -0.39 is 0 Å². The second-order valence-electron chi connectivity index (χ2n) is 8.48. The highest BCUT2D eigenvalue weighted by molar-refractivity contribution is 4.89. The van der Waals surface area contributed by atoms with Crippen molar-refractivity contribution in [2.24, 2.45) is 23.7 Å². The third-order valence-electron chi connectivity index (χ3n) is 6.02. The quantitative estimate of drug-likeness (QED) is 0.819. The maximum atomic E-state index is 3.78. The minimum Gasteiger partial charge on any atom is -0.311 e. The summed E-state index contributed by atoms with van der Waals surface area (Å²) < 4.78 is 0. The molecular weight excluding hydrogens is 256 g/mol. The third-order valence-corrected chi connectivity index (χ3v) is 6.02. The molecule has 0 aromatic carbocycles. The van der Waals surface area contributed by atoms with Crippen LogP contribution in [0.5, 0.6) is 0 Å². The molecule has 2 atom stereocenters. The van der Waals surface area contributed by atoms with Crippen molar-refractivity contribution >= 4 is 0 Å². The average Bonchev–Trinajstić information content (AvgIpc) is 2.46. The van der Waals surface area contributed by atoms with Gasteiger partial charge in [0, 0.05) is 25.2 Å². The minimum atomic E-state index is 0.686. The number of piperazine rings is 1. The highest BCUT2D eigenvalue weighted by Crippen LogP contribution is 2.31. The van der Waals surface area contributed by atoms with Crippen molar-refractivity contribution in [1.82, 2.24) is 10.2 Å². The molecule has 0 bridgehead atoms. The molecule has 2 nitrogen and oxygen atoms in total. The van der Waals surface area contributed by atoms with Gasteiger partial charge in [0.05, 0.1) is 0 Å². The van der Waals surface area contributed by atoms with Gasteiger partial charge in [-0.2, -0.15) is 0 Å². The second-order valence-corrected chi connectivity index (χ2v) is 8.48. The first-order valence-electron chi connectivity index (χ1n) is 9.44. The molecule has 2 unspecified atom stereocenters. The van der Waals surface area contributed by atoms with Crippen LogP contribution in [0.1, 0.15) is 66.7 Å². The van der Waals surface area contributed by atoms with Crippen LogP contribution in [0.15, 0.2) is 0 Å². The molecule has 0 aromatic rings. The van der Waals surface area contributed by atoms with Gasteiger partial charge in [-0.15, -0.1) is 0 Å². The Hall–Kier alpha value is -0.0800. The molecule has 1 saturated carbocycles. The fourth-order valence-corrected chi connectivity index (χ4v) is 4.18. The lowest BCUT2D eigenvalue weighted by Crippen LogP contribution is -2.59. The van der Waals surface area contributed by atoms with E-state index in [1.54, 1.807) is 0 Å². The Balaban J connectivity index is 1.84. The summed E-state index contributed by atoms with van der Waals surface area (Å²) in [5.41, 5.74) is 0. The maximum Gasteiger partial charge on any atom is 0.0244 e. The van der Waals surface area contributed by atoms with Crippen LogP contribution in [0.25, 0.3) is 0 Å². The highest BCUT2D eigenvalue weighted by atomic mass is 15.2. The smallest absolute Gasteiger partial charge is 0.0244 e. The van der Waals surface area contributed by atoms with Crippen molar-refractivity contribution in [3.05, 3.63) is 0 Å². The van der Waals surface area contributed by atoms with Crippen LogP contribution in [-0.2, 0) is 0 Å². The predicted octanol–water partition coefficient (Wildman–Crippen LogP) is 4.16. The highest BCUT2D eigenvalue weighted by Gasteiger charge is 2.31. The average molecular weight is 295 g/mol. The van der Waals surface area contributed by atoms with Gasteiger partial charge < -0.3 is 5.32 Å². The number of rotatable bonds is 5. The Morgan fingerprint density at radius 2 is 1.67 bits per heavy atom. The molecule has 0 radical (unpaired) electrons. The Labute approximate surface area is 133 Å². The maximum absolute atomic E-state index is 3.78. The predicted molar refractivity (Wildman–Crippen MR) is 92.6 cm³/mol.